The van der Waals surface area contributed by atoms with Gasteiger partial charge in [0, 0.05) is 38.2 Å². The lowest BCUT2D eigenvalue weighted by Crippen LogP contribution is -2.41. The molecule has 5 nitrogen and oxygen atoms in total. The van der Waals surface area contributed by atoms with Crippen LogP contribution >= 0.6 is 0 Å². The molecule has 1 aliphatic carbocycles. The Morgan fingerprint density at radius 1 is 1.07 bits per heavy atom. The van der Waals surface area contributed by atoms with Gasteiger partial charge in [-0.25, -0.2) is 0 Å². The summed E-state index contributed by atoms with van der Waals surface area (Å²) in [7, 11) is 3.44. The molecule has 27 heavy (non-hydrogen) atoms. The molecule has 0 unspecified atom stereocenters. The van der Waals surface area contributed by atoms with Crippen molar-refractivity contribution < 1.29 is 4.79 Å². The summed E-state index contributed by atoms with van der Waals surface area (Å²) in [5.41, 5.74) is 3.47. The molecule has 0 heterocycles. The van der Waals surface area contributed by atoms with Crippen LogP contribution in [0, 0.1) is 0 Å². The van der Waals surface area contributed by atoms with Crippen LogP contribution in [-0.4, -0.2) is 39.1 Å². The Morgan fingerprint density at radius 3 is 2.52 bits per heavy atom. The molecule has 142 valence electrons. The highest BCUT2D eigenvalue weighted by Gasteiger charge is 2.43. The van der Waals surface area contributed by atoms with Crippen LogP contribution in [0.2, 0.25) is 0 Å². The Balaban J connectivity index is 1.48. The van der Waals surface area contributed by atoms with E-state index in [0.29, 0.717) is 5.56 Å². The van der Waals surface area contributed by atoms with E-state index in [1.165, 1.54) is 18.4 Å². The number of hydrogen-bond donors (Lipinski definition) is 3. The smallest absolute Gasteiger partial charge is 0.251 e. The molecule has 0 radical (unpaired) electrons. The number of guanidine groups is 1. The molecule has 1 fully saturated rings. The molecule has 3 N–H and O–H groups in total. The molecular weight excluding hydrogens is 336 g/mol. The molecule has 1 aliphatic rings. The molecule has 0 saturated heterocycles. The summed E-state index contributed by atoms with van der Waals surface area (Å²) in [5, 5.41) is 9.50. The number of carbonyl (C=O) groups excluding carboxylic acids is 1. The van der Waals surface area contributed by atoms with E-state index < -0.39 is 0 Å². The van der Waals surface area contributed by atoms with Gasteiger partial charge in [0.15, 0.2) is 5.96 Å². The summed E-state index contributed by atoms with van der Waals surface area (Å²) in [6, 6.07) is 18.4. The number of hydrogen-bond acceptors (Lipinski definition) is 2. The van der Waals surface area contributed by atoms with Gasteiger partial charge >= 0.3 is 0 Å². The van der Waals surface area contributed by atoms with E-state index in [1.807, 2.05) is 24.3 Å². The normalized spacial score (nSPS) is 15.1. The highest BCUT2D eigenvalue weighted by Crippen LogP contribution is 2.47. The molecule has 0 atom stereocenters. The average molecular weight is 364 g/mol. The minimum absolute atomic E-state index is 0.0575. The van der Waals surface area contributed by atoms with Crippen LogP contribution in [0.4, 0.5) is 0 Å². The van der Waals surface area contributed by atoms with E-state index in [4.69, 9.17) is 0 Å². The van der Waals surface area contributed by atoms with Crippen molar-refractivity contribution in [2.24, 2.45) is 4.99 Å². The fourth-order valence-electron chi connectivity index (χ4n) is 3.32. The quantitative estimate of drug-likeness (QED) is 0.522. The van der Waals surface area contributed by atoms with Crippen molar-refractivity contribution in [3.63, 3.8) is 0 Å². The van der Waals surface area contributed by atoms with Gasteiger partial charge in [0.2, 0.25) is 0 Å². The Bertz CT molecular complexity index is 797. The number of rotatable bonds is 7. The first kappa shape index (κ1) is 19.0. The molecular formula is C22H28N4O. The molecule has 0 aliphatic heterocycles. The predicted octanol–water partition coefficient (Wildman–Crippen LogP) is 2.49. The van der Waals surface area contributed by atoms with Crippen LogP contribution in [0.15, 0.2) is 59.6 Å². The van der Waals surface area contributed by atoms with Gasteiger partial charge in [0.1, 0.15) is 0 Å². The number of nitrogens with one attached hydrogen (secondary N) is 3. The Kier molecular flexibility index (Phi) is 6.12. The van der Waals surface area contributed by atoms with Crippen molar-refractivity contribution in [2.75, 3.05) is 27.2 Å². The Morgan fingerprint density at radius 2 is 1.85 bits per heavy atom. The standard InChI is InChI=1S/C22H28N4O/c1-23-20(27)18-8-6-7-17(15-18)11-14-25-21(24-2)26-16-22(12-13-22)19-9-4-3-5-10-19/h3-10,15H,11-14,16H2,1-2H3,(H,23,27)(H2,24,25,26). The maximum Gasteiger partial charge on any atom is 0.251 e. The number of aliphatic imine (C=N–C) groups is 1. The highest BCUT2D eigenvalue weighted by atomic mass is 16.1. The van der Waals surface area contributed by atoms with E-state index in [1.54, 1.807) is 14.1 Å². The monoisotopic (exact) mass is 364 g/mol. The van der Waals surface area contributed by atoms with Crippen LogP contribution in [0.3, 0.4) is 0 Å². The SMILES string of the molecule is CN=C(NCCc1cccc(C(=O)NC)c1)NCC1(c2ccccc2)CC1. The second-order valence-corrected chi connectivity index (χ2v) is 7.03. The third-order valence-electron chi connectivity index (χ3n) is 5.18. The summed E-state index contributed by atoms with van der Waals surface area (Å²) >= 11 is 0. The van der Waals surface area contributed by atoms with Crippen LogP contribution in [0.1, 0.15) is 34.3 Å². The maximum absolute atomic E-state index is 11.7. The minimum atomic E-state index is -0.0575. The van der Waals surface area contributed by atoms with Gasteiger partial charge in [-0.1, -0.05) is 42.5 Å². The minimum Gasteiger partial charge on any atom is -0.356 e. The largest absolute Gasteiger partial charge is 0.356 e. The van der Waals surface area contributed by atoms with Gasteiger partial charge in [-0.05, 0) is 42.5 Å². The maximum atomic E-state index is 11.7. The fraction of sp³-hybridized carbons (Fsp3) is 0.364. The molecule has 0 bridgehead atoms. The van der Waals surface area contributed by atoms with E-state index in [-0.39, 0.29) is 11.3 Å². The van der Waals surface area contributed by atoms with E-state index in [0.717, 1.165) is 31.0 Å². The van der Waals surface area contributed by atoms with Crippen molar-refractivity contribution in [1.29, 1.82) is 0 Å². The van der Waals surface area contributed by atoms with Crippen LogP contribution in [0.5, 0.6) is 0 Å². The van der Waals surface area contributed by atoms with Crippen LogP contribution in [-0.2, 0) is 11.8 Å². The predicted molar refractivity (Wildman–Crippen MR) is 110 cm³/mol. The van der Waals surface area contributed by atoms with Crippen molar-refractivity contribution >= 4 is 11.9 Å². The summed E-state index contributed by atoms with van der Waals surface area (Å²) in [4.78, 5) is 16.1. The zero-order valence-corrected chi connectivity index (χ0v) is 16.1. The van der Waals surface area contributed by atoms with E-state index >= 15 is 0 Å². The summed E-state index contributed by atoms with van der Waals surface area (Å²) < 4.78 is 0. The van der Waals surface area contributed by atoms with Gasteiger partial charge in [-0.2, -0.15) is 0 Å². The number of carbonyl (C=O) groups is 1. The lowest BCUT2D eigenvalue weighted by Gasteiger charge is -2.19. The molecule has 5 heteroatoms. The average Bonchev–Trinajstić information content (AvgIpc) is 3.52. The van der Waals surface area contributed by atoms with Gasteiger partial charge < -0.3 is 16.0 Å². The third kappa shape index (κ3) is 4.88. The van der Waals surface area contributed by atoms with Crippen LogP contribution in [0.25, 0.3) is 0 Å². The summed E-state index contributed by atoms with van der Waals surface area (Å²) in [6.45, 7) is 1.65. The molecule has 1 amide bonds. The zero-order valence-electron chi connectivity index (χ0n) is 16.1. The fourth-order valence-corrected chi connectivity index (χ4v) is 3.32. The van der Waals surface area contributed by atoms with Gasteiger partial charge in [-0.3, -0.25) is 9.79 Å². The highest BCUT2D eigenvalue weighted by molar-refractivity contribution is 5.94. The lowest BCUT2D eigenvalue weighted by molar-refractivity contribution is 0.0963. The molecule has 2 aromatic carbocycles. The van der Waals surface area contributed by atoms with E-state index in [2.05, 4.69) is 51.3 Å². The molecule has 2 aromatic rings. The first-order valence-corrected chi connectivity index (χ1v) is 9.48. The van der Waals surface area contributed by atoms with E-state index in [9.17, 15) is 4.79 Å². The Hall–Kier alpha value is -2.82. The number of benzene rings is 2. The molecule has 1 saturated carbocycles. The number of nitrogens with zero attached hydrogens (tertiary/aromatic N) is 1. The van der Waals surface area contributed by atoms with Gasteiger partial charge in [-0.15, -0.1) is 0 Å². The van der Waals surface area contributed by atoms with Gasteiger partial charge in [0.25, 0.3) is 5.91 Å². The summed E-state index contributed by atoms with van der Waals surface area (Å²) in [6.07, 6.45) is 3.26. The van der Waals surface area contributed by atoms with Crippen LogP contribution < -0.4 is 16.0 Å². The first-order chi connectivity index (χ1) is 13.2. The molecule has 0 spiro atoms. The topological polar surface area (TPSA) is 65.5 Å². The summed E-state index contributed by atoms with van der Waals surface area (Å²) in [5.74, 6) is 0.762. The van der Waals surface area contributed by atoms with Crippen molar-refractivity contribution in [3.8, 4) is 0 Å². The van der Waals surface area contributed by atoms with Gasteiger partial charge in [0.05, 0.1) is 0 Å². The second-order valence-electron chi connectivity index (χ2n) is 7.03. The molecule has 3 rings (SSSR count). The van der Waals surface area contributed by atoms with Crippen molar-refractivity contribution in [3.05, 3.63) is 71.3 Å². The zero-order chi connectivity index (χ0) is 19.1. The number of amides is 1. The van der Waals surface area contributed by atoms with Crippen molar-refractivity contribution in [1.82, 2.24) is 16.0 Å². The third-order valence-corrected chi connectivity index (χ3v) is 5.18. The second kappa shape index (κ2) is 8.71. The Labute approximate surface area is 161 Å². The van der Waals surface area contributed by atoms with Crippen molar-refractivity contribution in [2.45, 2.75) is 24.7 Å². The first-order valence-electron chi connectivity index (χ1n) is 9.48. The molecule has 0 aromatic heterocycles. The lowest BCUT2D eigenvalue weighted by atomic mass is 9.96.